The number of aromatic hydroxyl groups is 1. The second kappa shape index (κ2) is 11.1. The van der Waals surface area contributed by atoms with Gasteiger partial charge in [0.25, 0.3) is 11.8 Å². The number of hydrogen-bond donors (Lipinski definition) is 3. The van der Waals surface area contributed by atoms with Gasteiger partial charge in [-0.3, -0.25) is 14.5 Å². The lowest BCUT2D eigenvalue weighted by Gasteiger charge is -2.29. The van der Waals surface area contributed by atoms with Crippen molar-refractivity contribution in [3.8, 4) is 24.0 Å². The van der Waals surface area contributed by atoms with E-state index in [9.17, 15) is 19.5 Å². The van der Waals surface area contributed by atoms with Gasteiger partial charge >= 0.3 is 6.09 Å². The maximum atomic E-state index is 13.3. The van der Waals surface area contributed by atoms with E-state index in [4.69, 9.17) is 15.9 Å². The van der Waals surface area contributed by atoms with E-state index < -0.39 is 35.6 Å². The fourth-order valence-electron chi connectivity index (χ4n) is 2.98. The molecule has 0 saturated heterocycles. The number of rotatable bonds is 7. The van der Waals surface area contributed by atoms with E-state index in [1.165, 1.54) is 38.3 Å². The first-order valence-electron chi connectivity index (χ1n) is 10.5. The molecule has 0 heterocycles. The summed E-state index contributed by atoms with van der Waals surface area (Å²) < 4.78 is 10.3. The lowest BCUT2D eigenvalue weighted by Crippen LogP contribution is -2.49. The monoisotopic (exact) mass is 467 g/mol. The topological polar surface area (TPSA) is 117 Å². The fourth-order valence-corrected chi connectivity index (χ4v) is 2.98. The van der Waals surface area contributed by atoms with Crippen molar-refractivity contribution in [1.82, 2.24) is 10.2 Å². The number of phenols is 1. The van der Waals surface area contributed by atoms with Crippen molar-refractivity contribution in [3.63, 3.8) is 0 Å². The molecule has 0 saturated carbocycles. The minimum Gasteiger partial charge on any atom is -0.508 e. The summed E-state index contributed by atoms with van der Waals surface area (Å²) in [5.41, 5.74) is 0.0596. The number of nitrogens with zero attached hydrogens (tertiary/aromatic N) is 1. The van der Waals surface area contributed by atoms with Crippen molar-refractivity contribution >= 4 is 23.6 Å². The molecule has 0 aliphatic heterocycles. The van der Waals surface area contributed by atoms with Crippen molar-refractivity contribution in [2.75, 3.05) is 12.4 Å². The van der Waals surface area contributed by atoms with Gasteiger partial charge in [-0.25, -0.2) is 4.79 Å². The Labute approximate surface area is 199 Å². The van der Waals surface area contributed by atoms with Crippen LogP contribution in [0.2, 0.25) is 0 Å². The molecule has 2 atom stereocenters. The molecule has 3 amide bonds. The SMILES string of the molecule is C#CN(C(=O)C(C)NC(=O)OC(C)(C)C)C(C(=O)Nc1ccc(OC)cc1)c1ccc(O)cc1. The Morgan fingerprint density at radius 2 is 1.65 bits per heavy atom. The average molecular weight is 468 g/mol. The zero-order chi connectivity index (χ0) is 25.5. The normalized spacial score (nSPS) is 12.5. The molecule has 0 bridgehead atoms. The highest BCUT2D eigenvalue weighted by atomic mass is 16.6. The van der Waals surface area contributed by atoms with E-state index >= 15 is 0 Å². The number of ether oxygens (including phenoxy) is 2. The Morgan fingerprint density at radius 3 is 2.15 bits per heavy atom. The Bertz CT molecular complexity index is 1050. The van der Waals surface area contributed by atoms with Gasteiger partial charge in [0.05, 0.1) is 7.11 Å². The molecule has 0 fully saturated rings. The van der Waals surface area contributed by atoms with Crippen molar-refractivity contribution in [2.24, 2.45) is 0 Å². The third-order valence-electron chi connectivity index (χ3n) is 4.55. The van der Waals surface area contributed by atoms with Gasteiger partial charge in [0, 0.05) is 11.7 Å². The lowest BCUT2D eigenvalue weighted by molar-refractivity contribution is -0.136. The molecule has 34 heavy (non-hydrogen) atoms. The summed E-state index contributed by atoms with van der Waals surface area (Å²) in [4.78, 5) is 39.5. The standard InChI is InChI=1S/C25H29N3O6/c1-7-28(23(31)16(2)26-24(32)34-25(3,4)5)21(17-8-12-19(29)13-9-17)22(30)27-18-10-14-20(33-6)15-11-18/h1,8-16,21,29H,2-6H3,(H,26,32)(H,27,30). The smallest absolute Gasteiger partial charge is 0.408 e. The van der Waals surface area contributed by atoms with Crippen LogP contribution >= 0.6 is 0 Å². The Morgan fingerprint density at radius 1 is 1.06 bits per heavy atom. The van der Waals surface area contributed by atoms with Crippen molar-refractivity contribution in [1.29, 1.82) is 0 Å². The average Bonchev–Trinajstić information content (AvgIpc) is 2.76. The molecule has 0 radical (unpaired) electrons. The number of anilines is 1. The number of benzene rings is 2. The number of carbonyl (C=O) groups is 3. The molecule has 0 aliphatic rings. The van der Waals surface area contributed by atoms with Gasteiger partial charge in [-0.05, 0) is 69.7 Å². The molecule has 9 heteroatoms. The molecule has 0 aromatic heterocycles. The number of carbonyl (C=O) groups excluding carboxylic acids is 3. The first-order valence-corrected chi connectivity index (χ1v) is 10.5. The molecule has 180 valence electrons. The van der Waals surface area contributed by atoms with Crippen LogP contribution in [0.25, 0.3) is 0 Å². The molecule has 9 nitrogen and oxygen atoms in total. The van der Waals surface area contributed by atoms with Gasteiger partial charge in [-0.2, -0.15) is 0 Å². The number of nitrogens with one attached hydrogen (secondary N) is 2. The fraction of sp³-hybridized carbons (Fsp3) is 0.320. The Kier molecular flexibility index (Phi) is 8.51. The summed E-state index contributed by atoms with van der Waals surface area (Å²) >= 11 is 0. The number of amides is 3. The third-order valence-corrected chi connectivity index (χ3v) is 4.55. The number of alkyl carbamates (subject to hydrolysis) is 1. The van der Waals surface area contributed by atoms with Crippen molar-refractivity contribution < 1.29 is 29.0 Å². The second-order valence-electron chi connectivity index (χ2n) is 8.42. The largest absolute Gasteiger partial charge is 0.508 e. The van der Waals surface area contributed by atoms with E-state index in [-0.39, 0.29) is 5.75 Å². The minimum atomic E-state index is -1.25. The predicted molar refractivity (Wildman–Crippen MR) is 127 cm³/mol. The Hall–Kier alpha value is -4.19. The number of methoxy groups -OCH3 is 1. The summed E-state index contributed by atoms with van der Waals surface area (Å²) in [5.74, 6) is -0.699. The van der Waals surface area contributed by atoms with Crippen LogP contribution in [0.3, 0.4) is 0 Å². The zero-order valence-corrected chi connectivity index (χ0v) is 19.8. The van der Waals surface area contributed by atoms with E-state index in [0.29, 0.717) is 17.0 Å². The van der Waals surface area contributed by atoms with Gasteiger partial charge in [-0.1, -0.05) is 18.6 Å². The molecule has 2 unspecified atom stereocenters. The van der Waals surface area contributed by atoms with Crippen molar-refractivity contribution in [2.45, 2.75) is 45.4 Å². The number of hydrogen-bond acceptors (Lipinski definition) is 6. The van der Waals surface area contributed by atoms with E-state index in [1.54, 1.807) is 45.0 Å². The third kappa shape index (κ3) is 7.17. The first kappa shape index (κ1) is 26.1. The summed E-state index contributed by atoms with van der Waals surface area (Å²) in [5, 5.41) is 14.8. The van der Waals surface area contributed by atoms with Crippen molar-refractivity contribution in [3.05, 3.63) is 54.1 Å². The van der Waals surface area contributed by atoms with Crippen LogP contribution < -0.4 is 15.4 Å². The molecule has 3 N–H and O–H groups in total. The van der Waals surface area contributed by atoms with Crippen LogP contribution in [0.5, 0.6) is 11.5 Å². The predicted octanol–water partition coefficient (Wildman–Crippen LogP) is 3.41. The van der Waals surface area contributed by atoms with Crippen LogP contribution in [0, 0.1) is 12.5 Å². The maximum absolute atomic E-state index is 13.3. The second-order valence-corrected chi connectivity index (χ2v) is 8.42. The highest BCUT2D eigenvalue weighted by Crippen LogP contribution is 2.26. The van der Waals surface area contributed by atoms with Gasteiger partial charge in [0.15, 0.2) is 0 Å². The first-order chi connectivity index (χ1) is 15.9. The summed E-state index contributed by atoms with van der Waals surface area (Å²) in [7, 11) is 1.53. The molecule has 2 aromatic rings. The molecule has 0 spiro atoms. The van der Waals surface area contributed by atoms with E-state index in [1.807, 2.05) is 0 Å². The van der Waals surface area contributed by atoms with Gasteiger partial charge in [0.2, 0.25) is 0 Å². The maximum Gasteiger partial charge on any atom is 0.408 e. The quantitative estimate of drug-likeness (QED) is 0.424. The summed E-state index contributed by atoms with van der Waals surface area (Å²) in [6.45, 7) is 6.51. The highest BCUT2D eigenvalue weighted by molar-refractivity contribution is 5.99. The van der Waals surface area contributed by atoms with E-state index in [2.05, 4.69) is 16.7 Å². The molecule has 2 rings (SSSR count). The molecule has 2 aromatic carbocycles. The van der Waals surface area contributed by atoms with Crippen LogP contribution in [0.4, 0.5) is 10.5 Å². The highest BCUT2D eigenvalue weighted by Gasteiger charge is 2.34. The number of terminal acetylenes is 1. The molecular formula is C25H29N3O6. The van der Waals surface area contributed by atoms with Crippen LogP contribution in [0.1, 0.15) is 39.3 Å². The summed E-state index contributed by atoms with van der Waals surface area (Å²) in [6, 6.07) is 12.3. The van der Waals surface area contributed by atoms with Crippen LogP contribution in [-0.4, -0.2) is 46.7 Å². The van der Waals surface area contributed by atoms with Gasteiger partial charge in [-0.15, -0.1) is 0 Å². The van der Waals surface area contributed by atoms with Crippen LogP contribution in [-0.2, 0) is 14.3 Å². The molecule has 0 aliphatic carbocycles. The van der Waals surface area contributed by atoms with E-state index in [0.717, 1.165) is 4.90 Å². The van der Waals surface area contributed by atoms with Crippen LogP contribution in [0.15, 0.2) is 48.5 Å². The van der Waals surface area contributed by atoms with Gasteiger partial charge in [0.1, 0.15) is 29.2 Å². The number of phenolic OH excluding ortho intramolecular Hbond substituents is 1. The zero-order valence-electron chi connectivity index (χ0n) is 19.8. The lowest BCUT2D eigenvalue weighted by atomic mass is 10.0. The summed E-state index contributed by atoms with van der Waals surface area (Å²) in [6.07, 6.45) is 4.85. The minimum absolute atomic E-state index is 0.0170. The van der Waals surface area contributed by atoms with Gasteiger partial charge < -0.3 is 25.2 Å². The Balaban J connectivity index is 2.32. The molecular weight excluding hydrogens is 438 g/mol.